The van der Waals surface area contributed by atoms with Gasteiger partial charge in [-0.1, -0.05) is 41.1 Å². The molecule has 2 rings (SSSR count). The summed E-state index contributed by atoms with van der Waals surface area (Å²) >= 11 is 3.27. The van der Waals surface area contributed by atoms with Gasteiger partial charge in [0.25, 0.3) is 5.69 Å². The molecule has 0 bridgehead atoms. The first-order valence-corrected chi connectivity index (χ1v) is 7.57. The SMILES string of the molecule is CCc1cccc(C)c1NCc1ccc(Br)cc1[N+](=O)[O-]. The lowest BCUT2D eigenvalue weighted by atomic mass is 10.1. The first kappa shape index (κ1) is 15.5. The number of halogens is 1. The van der Waals surface area contributed by atoms with Gasteiger partial charge in [-0.3, -0.25) is 10.1 Å². The topological polar surface area (TPSA) is 55.2 Å². The molecule has 2 aromatic carbocycles. The summed E-state index contributed by atoms with van der Waals surface area (Å²) in [6, 6.07) is 11.3. The van der Waals surface area contributed by atoms with E-state index in [0.29, 0.717) is 16.6 Å². The molecule has 5 heteroatoms. The van der Waals surface area contributed by atoms with E-state index in [1.165, 1.54) is 11.6 Å². The number of rotatable bonds is 5. The van der Waals surface area contributed by atoms with Crippen LogP contribution in [0.3, 0.4) is 0 Å². The summed E-state index contributed by atoms with van der Waals surface area (Å²) in [6.45, 7) is 4.57. The van der Waals surface area contributed by atoms with E-state index in [9.17, 15) is 10.1 Å². The van der Waals surface area contributed by atoms with Crippen molar-refractivity contribution in [2.24, 2.45) is 0 Å². The van der Waals surface area contributed by atoms with Gasteiger partial charge >= 0.3 is 0 Å². The molecular weight excluding hydrogens is 332 g/mol. The molecule has 0 aromatic heterocycles. The number of nitrogens with zero attached hydrogens (tertiary/aromatic N) is 1. The van der Waals surface area contributed by atoms with Crippen LogP contribution >= 0.6 is 15.9 Å². The predicted octanol–water partition coefficient (Wildman–Crippen LogP) is 4.84. The fourth-order valence-electron chi connectivity index (χ4n) is 2.32. The summed E-state index contributed by atoms with van der Waals surface area (Å²) in [5.41, 5.74) is 4.23. The Morgan fingerprint density at radius 1 is 1.24 bits per heavy atom. The van der Waals surface area contributed by atoms with Crippen LogP contribution in [0.5, 0.6) is 0 Å². The largest absolute Gasteiger partial charge is 0.380 e. The van der Waals surface area contributed by atoms with Crippen molar-refractivity contribution in [3.63, 3.8) is 0 Å². The summed E-state index contributed by atoms with van der Waals surface area (Å²) in [5.74, 6) is 0. The number of nitro benzene ring substituents is 1. The van der Waals surface area contributed by atoms with E-state index >= 15 is 0 Å². The van der Waals surface area contributed by atoms with Crippen LogP contribution in [0.2, 0.25) is 0 Å². The van der Waals surface area contributed by atoms with Gasteiger partial charge in [0.2, 0.25) is 0 Å². The standard InChI is InChI=1S/C16H17BrN2O2/c1-3-12-6-4-5-11(2)16(12)18-10-13-7-8-14(17)9-15(13)19(20)21/h4-9,18H,3,10H2,1-2H3. The maximum Gasteiger partial charge on any atom is 0.275 e. The molecule has 4 nitrogen and oxygen atoms in total. The molecule has 2 aromatic rings. The molecule has 0 radical (unpaired) electrons. The van der Waals surface area contributed by atoms with Crippen molar-refractivity contribution in [1.29, 1.82) is 0 Å². The van der Waals surface area contributed by atoms with Crippen LogP contribution in [-0.4, -0.2) is 4.92 Å². The minimum absolute atomic E-state index is 0.128. The average molecular weight is 349 g/mol. The fraction of sp³-hybridized carbons (Fsp3) is 0.250. The molecule has 0 aliphatic rings. The van der Waals surface area contributed by atoms with Crippen LogP contribution in [-0.2, 0) is 13.0 Å². The van der Waals surface area contributed by atoms with Crippen LogP contribution in [0, 0.1) is 17.0 Å². The van der Waals surface area contributed by atoms with Crippen LogP contribution in [0.4, 0.5) is 11.4 Å². The second-order valence-electron chi connectivity index (χ2n) is 4.85. The van der Waals surface area contributed by atoms with Gasteiger partial charge in [0.1, 0.15) is 0 Å². The summed E-state index contributed by atoms with van der Waals surface area (Å²) in [5, 5.41) is 14.5. The van der Waals surface area contributed by atoms with Gasteiger partial charge in [-0.15, -0.1) is 0 Å². The van der Waals surface area contributed by atoms with E-state index in [1.54, 1.807) is 6.07 Å². The highest BCUT2D eigenvalue weighted by Gasteiger charge is 2.14. The van der Waals surface area contributed by atoms with Crippen molar-refractivity contribution in [2.75, 3.05) is 5.32 Å². The monoisotopic (exact) mass is 348 g/mol. The smallest absolute Gasteiger partial charge is 0.275 e. The van der Waals surface area contributed by atoms with Gasteiger partial charge < -0.3 is 5.32 Å². The fourth-order valence-corrected chi connectivity index (χ4v) is 2.67. The zero-order valence-electron chi connectivity index (χ0n) is 12.0. The lowest BCUT2D eigenvalue weighted by Gasteiger charge is -2.14. The molecule has 0 aliphatic heterocycles. The van der Waals surface area contributed by atoms with Crippen LogP contribution in [0.25, 0.3) is 0 Å². The molecule has 0 atom stereocenters. The molecule has 0 unspecified atom stereocenters. The Bertz CT molecular complexity index is 671. The highest BCUT2D eigenvalue weighted by molar-refractivity contribution is 9.10. The number of anilines is 1. The molecule has 0 amide bonds. The lowest BCUT2D eigenvalue weighted by Crippen LogP contribution is -2.06. The van der Waals surface area contributed by atoms with E-state index in [1.807, 2.05) is 25.1 Å². The normalized spacial score (nSPS) is 10.4. The van der Waals surface area contributed by atoms with Crippen molar-refractivity contribution in [3.8, 4) is 0 Å². The Hall–Kier alpha value is -1.88. The van der Waals surface area contributed by atoms with Crippen LogP contribution in [0.1, 0.15) is 23.6 Å². The molecule has 0 heterocycles. The van der Waals surface area contributed by atoms with Crippen molar-refractivity contribution in [1.82, 2.24) is 0 Å². The van der Waals surface area contributed by atoms with Gasteiger partial charge in [0, 0.05) is 28.3 Å². The zero-order valence-corrected chi connectivity index (χ0v) is 13.6. The quantitative estimate of drug-likeness (QED) is 0.621. The number of para-hydroxylation sites is 1. The zero-order chi connectivity index (χ0) is 15.4. The second kappa shape index (κ2) is 6.72. The number of aryl methyl sites for hydroxylation is 2. The molecule has 1 N–H and O–H groups in total. The molecular formula is C16H17BrN2O2. The van der Waals surface area contributed by atoms with Crippen LogP contribution in [0.15, 0.2) is 40.9 Å². The van der Waals surface area contributed by atoms with Crippen molar-refractivity contribution >= 4 is 27.3 Å². The van der Waals surface area contributed by atoms with E-state index < -0.39 is 0 Å². The third kappa shape index (κ3) is 3.61. The Morgan fingerprint density at radius 3 is 2.67 bits per heavy atom. The number of hydrogen-bond acceptors (Lipinski definition) is 3. The highest BCUT2D eigenvalue weighted by atomic mass is 79.9. The molecule has 0 spiro atoms. The second-order valence-corrected chi connectivity index (χ2v) is 5.76. The third-order valence-electron chi connectivity index (χ3n) is 3.44. The van der Waals surface area contributed by atoms with Gasteiger partial charge in [-0.05, 0) is 36.6 Å². The number of benzene rings is 2. The minimum atomic E-state index is -0.347. The molecule has 0 saturated carbocycles. The number of nitrogens with one attached hydrogen (secondary N) is 1. The van der Waals surface area contributed by atoms with Gasteiger partial charge in [-0.2, -0.15) is 0 Å². The van der Waals surface area contributed by atoms with E-state index in [-0.39, 0.29) is 10.6 Å². The maximum atomic E-state index is 11.1. The highest BCUT2D eigenvalue weighted by Crippen LogP contribution is 2.26. The molecule has 0 saturated heterocycles. The Morgan fingerprint density at radius 2 is 2.00 bits per heavy atom. The van der Waals surface area contributed by atoms with Gasteiger partial charge in [-0.25, -0.2) is 0 Å². The maximum absolute atomic E-state index is 11.1. The minimum Gasteiger partial charge on any atom is -0.380 e. The molecule has 0 fully saturated rings. The third-order valence-corrected chi connectivity index (χ3v) is 3.93. The van der Waals surface area contributed by atoms with Crippen LogP contribution < -0.4 is 5.32 Å². The number of nitro groups is 1. The van der Waals surface area contributed by atoms with Crippen molar-refractivity contribution < 1.29 is 4.92 Å². The molecule has 21 heavy (non-hydrogen) atoms. The summed E-state index contributed by atoms with van der Waals surface area (Å²) in [7, 11) is 0. The number of hydrogen-bond donors (Lipinski definition) is 1. The first-order chi connectivity index (χ1) is 10.0. The van der Waals surface area contributed by atoms with Crippen molar-refractivity contribution in [2.45, 2.75) is 26.8 Å². The Labute approximate surface area is 132 Å². The molecule has 110 valence electrons. The van der Waals surface area contributed by atoms with E-state index in [4.69, 9.17) is 0 Å². The average Bonchev–Trinajstić information content (AvgIpc) is 2.46. The predicted molar refractivity (Wildman–Crippen MR) is 88.7 cm³/mol. The van der Waals surface area contributed by atoms with E-state index in [2.05, 4.69) is 34.2 Å². The first-order valence-electron chi connectivity index (χ1n) is 6.78. The Kier molecular flexibility index (Phi) is 4.96. The van der Waals surface area contributed by atoms with Gasteiger partial charge in [0.15, 0.2) is 0 Å². The lowest BCUT2D eigenvalue weighted by molar-refractivity contribution is -0.385. The van der Waals surface area contributed by atoms with Gasteiger partial charge in [0.05, 0.1) is 4.92 Å². The summed E-state index contributed by atoms with van der Waals surface area (Å²) in [4.78, 5) is 10.8. The summed E-state index contributed by atoms with van der Waals surface area (Å²) < 4.78 is 0.711. The Balaban J connectivity index is 2.27. The summed E-state index contributed by atoms with van der Waals surface area (Å²) in [6.07, 6.45) is 0.923. The molecule has 0 aliphatic carbocycles. The van der Waals surface area contributed by atoms with E-state index in [0.717, 1.165) is 17.7 Å². The van der Waals surface area contributed by atoms with Crippen molar-refractivity contribution in [3.05, 3.63) is 67.7 Å².